The third kappa shape index (κ3) is 5.31. The van der Waals surface area contributed by atoms with Gasteiger partial charge in [0.1, 0.15) is 5.69 Å². The molecule has 39 heavy (non-hydrogen) atoms. The molecule has 0 bridgehead atoms. The lowest BCUT2D eigenvalue weighted by Crippen LogP contribution is -2.49. The highest BCUT2D eigenvalue weighted by molar-refractivity contribution is 6.33. The summed E-state index contributed by atoms with van der Waals surface area (Å²) in [6, 6.07) is 10.5. The summed E-state index contributed by atoms with van der Waals surface area (Å²) >= 11 is 6.46. The Morgan fingerprint density at radius 3 is 2.74 bits per heavy atom. The molecule has 0 unspecified atom stereocenters. The zero-order valence-corrected chi connectivity index (χ0v) is 22.0. The molecule has 1 aromatic carbocycles. The van der Waals surface area contributed by atoms with E-state index in [0.717, 1.165) is 24.9 Å². The molecule has 3 aromatic heterocycles. The Morgan fingerprint density at radius 1 is 1.26 bits per heavy atom. The van der Waals surface area contributed by atoms with Gasteiger partial charge in [0.25, 0.3) is 5.91 Å². The summed E-state index contributed by atoms with van der Waals surface area (Å²) < 4.78 is 7.68. The Morgan fingerprint density at radius 2 is 2.05 bits per heavy atom. The summed E-state index contributed by atoms with van der Waals surface area (Å²) in [5.41, 5.74) is 2.48. The molecule has 14 heteroatoms. The molecule has 5 rings (SSSR count). The van der Waals surface area contributed by atoms with Crippen LogP contribution < -0.4 is 10.2 Å². The number of pyridine rings is 1. The number of ether oxygens (including phenoxy) is 1. The number of carbonyl (C=O) groups is 2. The minimum Gasteiger partial charge on any atom is -0.450 e. The van der Waals surface area contributed by atoms with Crippen molar-refractivity contribution in [1.82, 2.24) is 40.3 Å². The van der Waals surface area contributed by atoms with E-state index >= 15 is 0 Å². The largest absolute Gasteiger partial charge is 0.507 e. The zero-order chi connectivity index (χ0) is 27.5. The SMILES string of the molecule is C[C@H](OC(=O)O)n1nnnc1-c1c(-c2ccc(C(=O)N(c3ncccc3Cl)[C@@H]3CCCNC3)cc2)cnn1C. The molecule has 1 amide bonds. The van der Waals surface area contributed by atoms with E-state index in [1.165, 1.54) is 11.6 Å². The van der Waals surface area contributed by atoms with Crippen LogP contribution in [0.25, 0.3) is 22.6 Å². The lowest BCUT2D eigenvalue weighted by Gasteiger charge is -2.34. The molecule has 202 valence electrons. The Bertz CT molecular complexity index is 1480. The van der Waals surface area contributed by atoms with Crippen molar-refractivity contribution in [3.8, 4) is 22.6 Å². The van der Waals surface area contributed by atoms with E-state index < -0.39 is 12.4 Å². The number of nitrogens with one attached hydrogen (secondary N) is 1. The fourth-order valence-corrected chi connectivity index (χ4v) is 4.89. The molecule has 0 saturated carbocycles. The van der Waals surface area contributed by atoms with Crippen LogP contribution in [0.15, 0.2) is 48.8 Å². The Kier molecular flexibility index (Phi) is 7.52. The summed E-state index contributed by atoms with van der Waals surface area (Å²) in [6.45, 7) is 3.07. The van der Waals surface area contributed by atoms with Gasteiger partial charge in [0.05, 0.1) is 17.3 Å². The third-order valence-electron chi connectivity index (χ3n) is 6.52. The fraction of sp³-hybridized carbons (Fsp3) is 0.320. The fourth-order valence-electron chi connectivity index (χ4n) is 4.68. The molecule has 1 aliphatic heterocycles. The summed E-state index contributed by atoms with van der Waals surface area (Å²) in [4.78, 5) is 30.9. The van der Waals surface area contributed by atoms with Crippen molar-refractivity contribution < 1.29 is 19.4 Å². The van der Waals surface area contributed by atoms with Crippen LogP contribution in [0.1, 0.15) is 36.4 Å². The number of tetrazole rings is 1. The second-order valence-corrected chi connectivity index (χ2v) is 9.43. The first-order chi connectivity index (χ1) is 18.8. The standard InChI is InChI=1S/C25H26ClN9O4/c1-15(39-25(37)38)35-23(30-31-32-35)21-19(14-29-33(21)2)16-7-9-17(10-8-16)24(36)34(18-5-3-11-27-13-18)22-20(26)6-4-12-28-22/h4,6-10,12,14-15,18,27H,3,5,11,13H2,1-2H3,(H,37,38)/t15-,18+/m0/s1. The predicted molar refractivity (Wildman–Crippen MR) is 141 cm³/mol. The number of nitrogens with zero attached hydrogens (tertiary/aromatic N) is 8. The Labute approximate surface area is 228 Å². The van der Waals surface area contributed by atoms with Crippen molar-refractivity contribution in [2.75, 3.05) is 18.0 Å². The number of anilines is 1. The number of aryl methyl sites for hydroxylation is 1. The number of aromatic nitrogens is 7. The van der Waals surface area contributed by atoms with Gasteiger partial charge in [-0.15, -0.1) is 5.10 Å². The molecule has 0 spiro atoms. The van der Waals surface area contributed by atoms with Crippen LogP contribution in [0.4, 0.5) is 10.6 Å². The number of rotatable bonds is 7. The second kappa shape index (κ2) is 11.2. The maximum Gasteiger partial charge on any atom is 0.507 e. The lowest BCUT2D eigenvalue weighted by atomic mass is 10.0. The highest BCUT2D eigenvalue weighted by Crippen LogP contribution is 2.33. The van der Waals surface area contributed by atoms with Crippen molar-refractivity contribution in [2.45, 2.75) is 32.0 Å². The third-order valence-corrected chi connectivity index (χ3v) is 6.82. The quantitative estimate of drug-likeness (QED) is 0.327. The molecule has 1 fully saturated rings. The van der Waals surface area contributed by atoms with E-state index in [2.05, 4.69) is 30.9 Å². The van der Waals surface area contributed by atoms with Gasteiger partial charge in [0.2, 0.25) is 5.82 Å². The smallest absolute Gasteiger partial charge is 0.450 e. The van der Waals surface area contributed by atoms with E-state index in [-0.39, 0.29) is 17.8 Å². The molecule has 4 aromatic rings. The lowest BCUT2D eigenvalue weighted by molar-refractivity contribution is 0.0219. The van der Waals surface area contributed by atoms with Gasteiger partial charge >= 0.3 is 6.16 Å². The van der Waals surface area contributed by atoms with Crippen molar-refractivity contribution in [3.05, 3.63) is 59.4 Å². The molecular weight excluding hydrogens is 526 g/mol. The van der Waals surface area contributed by atoms with Crippen LogP contribution >= 0.6 is 11.6 Å². The molecule has 0 radical (unpaired) electrons. The minimum atomic E-state index is -1.44. The first-order valence-corrected chi connectivity index (χ1v) is 12.7. The second-order valence-electron chi connectivity index (χ2n) is 9.02. The van der Waals surface area contributed by atoms with Crippen LogP contribution in [0.2, 0.25) is 5.02 Å². The summed E-state index contributed by atoms with van der Waals surface area (Å²) in [5.74, 6) is 0.506. The number of piperidine rings is 1. The predicted octanol–water partition coefficient (Wildman–Crippen LogP) is 3.40. The molecule has 13 nitrogen and oxygen atoms in total. The van der Waals surface area contributed by atoms with Gasteiger partial charge in [-0.2, -0.15) is 9.78 Å². The molecular formula is C25H26ClN9O4. The topological polar surface area (TPSA) is 153 Å². The number of hydrogen-bond donors (Lipinski definition) is 2. The van der Waals surface area contributed by atoms with E-state index in [4.69, 9.17) is 21.4 Å². The van der Waals surface area contributed by atoms with Crippen LogP contribution in [0.3, 0.4) is 0 Å². The van der Waals surface area contributed by atoms with Gasteiger partial charge in [-0.05, 0) is 66.6 Å². The summed E-state index contributed by atoms with van der Waals surface area (Å²) in [6.07, 6.45) is 2.65. The first kappa shape index (κ1) is 26.3. The van der Waals surface area contributed by atoms with Crippen molar-refractivity contribution >= 4 is 29.5 Å². The van der Waals surface area contributed by atoms with Gasteiger partial charge in [-0.3, -0.25) is 14.4 Å². The number of benzene rings is 1. The molecule has 2 atom stereocenters. The van der Waals surface area contributed by atoms with E-state index in [1.807, 2.05) is 12.1 Å². The number of carboxylic acid groups (broad SMARTS) is 1. The highest BCUT2D eigenvalue weighted by atomic mass is 35.5. The van der Waals surface area contributed by atoms with Crippen LogP contribution in [0, 0.1) is 0 Å². The maximum atomic E-state index is 13.8. The average Bonchev–Trinajstić information content (AvgIpc) is 3.56. The Hall–Kier alpha value is -4.36. The number of amides is 1. The number of hydrogen-bond acceptors (Lipinski definition) is 9. The minimum absolute atomic E-state index is 0.0860. The molecule has 1 saturated heterocycles. The normalized spacial score (nSPS) is 16.0. The summed E-state index contributed by atoms with van der Waals surface area (Å²) in [7, 11) is 1.73. The van der Waals surface area contributed by atoms with Crippen molar-refractivity contribution in [1.29, 1.82) is 0 Å². The van der Waals surface area contributed by atoms with E-state index in [9.17, 15) is 9.59 Å². The van der Waals surface area contributed by atoms with Crippen LogP contribution in [-0.4, -0.2) is 71.3 Å². The van der Waals surface area contributed by atoms with Crippen molar-refractivity contribution in [3.63, 3.8) is 0 Å². The number of halogens is 1. The van der Waals surface area contributed by atoms with E-state index in [0.29, 0.717) is 34.2 Å². The van der Waals surface area contributed by atoms with Gasteiger partial charge in [-0.25, -0.2) is 9.78 Å². The molecule has 1 aliphatic rings. The first-order valence-electron chi connectivity index (χ1n) is 12.3. The van der Waals surface area contributed by atoms with Gasteiger partial charge in [0.15, 0.2) is 12.0 Å². The maximum absolute atomic E-state index is 13.8. The molecule has 0 aliphatic carbocycles. The van der Waals surface area contributed by atoms with Gasteiger partial charge in [-0.1, -0.05) is 23.7 Å². The highest BCUT2D eigenvalue weighted by Gasteiger charge is 2.30. The average molecular weight is 552 g/mol. The number of carbonyl (C=O) groups excluding carboxylic acids is 1. The van der Waals surface area contributed by atoms with Crippen LogP contribution in [0.5, 0.6) is 0 Å². The van der Waals surface area contributed by atoms with Gasteiger partial charge in [0, 0.05) is 30.9 Å². The summed E-state index contributed by atoms with van der Waals surface area (Å²) in [5, 5.41) is 28.8. The van der Waals surface area contributed by atoms with E-state index in [1.54, 1.807) is 53.3 Å². The molecule has 2 N–H and O–H groups in total. The van der Waals surface area contributed by atoms with Crippen LogP contribution in [-0.2, 0) is 11.8 Å². The zero-order valence-electron chi connectivity index (χ0n) is 21.2. The molecule has 4 heterocycles. The van der Waals surface area contributed by atoms with Crippen molar-refractivity contribution in [2.24, 2.45) is 7.05 Å². The Balaban J connectivity index is 1.47. The van der Waals surface area contributed by atoms with Gasteiger partial charge < -0.3 is 15.2 Å². The monoisotopic (exact) mass is 551 g/mol.